The van der Waals surface area contributed by atoms with Crippen molar-refractivity contribution in [2.24, 2.45) is 0 Å². The molecule has 0 amide bonds. The summed E-state index contributed by atoms with van der Waals surface area (Å²) in [5, 5.41) is 9.09. The molecule has 0 unspecified atom stereocenters. The normalized spacial score (nSPS) is 10.9. The monoisotopic (exact) mass is 239 g/mol. The van der Waals surface area contributed by atoms with Gasteiger partial charge in [-0.15, -0.1) is 0 Å². The molecule has 0 bridgehead atoms. The van der Waals surface area contributed by atoms with Crippen molar-refractivity contribution in [2.75, 3.05) is 0 Å². The lowest BCUT2D eigenvalue weighted by Crippen LogP contribution is -1.99. The molecule has 0 fully saturated rings. The number of aryl methyl sites for hydroxylation is 2. The highest BCUT2D eigenvalue weighted by atomic mass is 35.5. The van der Waals surface area contributed by atoms with E-state index in [0.717, 1.165) is 5.56 Å². The molecule has 2 rings (SSSR count). The van der Waals surface area contributed by atoms with Crippen LogP contribution in [0.1, 0.15) is 17.7 Å². The van der Waals surface area contributed by atoms with Gasteiger partial charge in [0.2, 0.25) is 5.78 Å². The zero-order valence-electron chi connectivity index (χ0n) is 8.64. The molecule has 0 atom stereocenters. The second kappa shape index (κ2) is 4.09. The summed E-state index contributed by atoms with van der Waals surface area (Å²) in [5.41, 5.74) is 1.54. The first kappa shape index (κ1) is 10.9. The van der Waals surface area contributed by atoms with Crippen LogP contribution in [0.4, 0.5) is 0 Å². The van der Waals surface area contributed by atoms with Crippen molar-refractivity contribution in [3.8, 4) is 0 Å². The molecule has 5 nitrogen and oxygen atoms in total. The van der Waals surface area contributed by atoms with Crippen molar-refractivity contribution in [2.45, 2.75) is 19.8 Å². The van der Waals surface area contributed by atoms with Crippen LogP contribution in [0.3, 0.4) is 0 Å². The minimum Gasteiger partial charge on any atom is -0.481 e. The van der Waals surface area contributed by atoms with Gasteiger partial charge in [0.1, 0.15) is 5.15 Å². The van der Waals surface area contributed by atoms with Gasteiger partial charge < -0.3 is 5.11 Å². The third-order valence-electron chi connectivity index (χ3n) is 2.26. The molecule has 0 saturated heterocycles. The molecule has 0 aliphatic rings. The predicted octanol–water partition coefficient (Wildman–Crippen LogP) is 1.71. The number of halogens is 1. The van der Waals surface area contributed by atoms with Crippen molar-refractivity contribution in [1.82, 2.24) is 14.4 Å². The minimum atomic E-state index is -0.826. The largest absolute Gasteiger partial charge is 0.481 e. The maximum Gasteiger partial charge on any atom is 0.303 e. The SMILES string of the molecule is Cc1nc2ncc(CCC(=O)O)cn2c1Cl. The van der Waals surface area contributed by atoms with E-state index < -0.39 is 5.97 Å². The van der Waals surface area contributed by atoms with E-state index in [-0.39, 0.29) is 6.42 Å². The molecule has 0 aliphatic heterocycles. The van der Waals surface area contributed by atoms with Crippen LogP contribution in [0, 0.1) is 6.92 Å². The fraction of sp³-hybridized carbons (Fsp3) is 0.300. The summed E-state index contributed by atoms with van der Waals surface area (Å²) >= 11 is 6.02. The summed E-state index contributed by atoms with van der Waals surface area (Å²) in [7, 11) is 0. The summed E-state index contributed by atoms with van der Waals surface area (Å²) in [6, 6.07) is 0. The summed E-state index contributed by atoms with van der Waals surface area (Å²) < 4.78 is 1.66. The van der Waals surface area contributed by atoms with Gasteiger partial charge >= 0.3 is 5.97 Å². The average molecular weight is 240 g/mol. The number of fused-ring (bicyclic) bond motifs is 1. The average Bonchev–Trinajstić information content (AvgIpc) is 2.52. The summed E-state index contributed by atoms with van der Waals surface area (Å²) in [4.78, 5) is 18.7. The molecule has 84 valence electrons. The highest BCUT2D eigenvalue weighted by Gasteiger charge is 2.08. The van der Waals surface area contributed by atoms with Gasteiger partial charge in [-0.25, -0.2) is 9.97 Å². The van der Waals surface area contributed by atoms with Gasteiger partial charge in [0.25, 0.3) is 0 Å². The number of aliphatic carboxylic acids is 1. The lowest BCUT2D eigenvalue weighted by atomic mass is 10.2. The Labute approximate surface area is 96.7 Å². The first-order chi connectivity index (χ1) is 7.58. The first-order valence-corrected chi connectivity index (χ1v) is 5.16. The molecular formula is C10H10ClN3O2. The maximum atomic E-state index is 10.4. The van der Waals surface area contributed by atoms with E-state index in [1.807, 2.05) is 0 Å². The van der Waals surface area contributed by atoms with E-state index in [9.17, 15) is 4.79 Å². The minimum absolute atomic E-state index is 0.0818. The fourth-order valence-corrected chi connectivity index (χ4v) is 1.60. The van der Waals surface area contributed by atoms with E-state index in [0.29, 0.717) is 23.0 Å². The Morgan fingerprint density at radius 3 is 3.06 bits per heavy atom. The molecule has 2 aromatic rings. The first-order valence-electron chi connectivity index (χ1n) is 4.79. The highest BCUT2D eigenvalue weighted by Crippen LogP contribution is 2.16. The molecule has 16 heavy (non-hydrogen) atoms. The number of carboxylic acids is 1. The van der Waals surface area contributed by atoms with Crippen molar-refractivity contribution < 1.29 is 9.90 Å². The van der Waals surface area contributed by atoms with E-state index in [1.165, 1.54) is 0 Å². The zero-order valence-corrected chi connectivity index (χ0v) is 9.40. The maximum absolute atomic E-state index is 10.4. The van der Waals surface area contributed by atoms with Crippen molar-refractivity contribution >= 4 is 23.3 Å². The van der Waals surface area contributed by atoms with E-state index in [1.54, 1.807) is 23.7 Å². The van der Waals surface area contributed by atoms with Gasteiger partial charge in [-0.05, 0) is 18.9 Å². The summed E-state index contributed by atoms with van der Waals surface area (Å²) in [5.74, 6) is -0.297. The summed E-state index contributed by atoms with van der Waals surface area (Å²) in [6.07, 6.45) is 3.92. The molecule has 0 radical (unpaired) electrons. The predicted molar refractivity (Wildman–Crippen MR) is 58.7 cm³/mol. The van der Waals surface area contributed by atoms with Gasteiger partial charge in [0.15, 0.2) is 0 Å². The Morgan fingerprint density at radius 1 is 1.62 bits per heavy atom. The highest BCUT2D eigenvalue weighted by molar-refractivity contribution is 6.30. The number of hydrogen-bond acceptors (Lipinski definition) is 3. The number of nitrogens with zero attached hydrogens (tertiary/aromatic N) is 3. The van der Waals surface area contributed by atoms with Crippen LogP contribution in [-0.2, 0) is 11.2 Å². The molecule has 0 aromatic carbocycles. The smallest absolute Gasteiger partial charge is 0.303 e. The number of aromatic nitrogens is 3. The molecule has 0 saturated carbocycles. The van der Waals surface area contributed by atoms with Gasteiger partial charge in [0.05, 0.1) is 5.69 Å². The standard InChI is InChI=1S/C10H10ClN3O2/c1-6-9(11)14-5-7(2-3-8(15)16)4-12-10(14)13-6/h4-5H,2-3H2,1H3,(H,15,16). The van der Waals surface area contributed by atoms with Crippen LogP contribution >= 0.6 is 11.6 Å². The van der Waals surface area contributed by atoms with Crippen molar-refractivity contribution in [3.63, 3.8) is 0 Å². The lowest BCUT2D eigenvalue weighted by Gasteiger charge is -2.00. The van der Waals surface area contributed by atoms with Gasteiger partial charge in [-0.2, -0.15) is 0 Å². The molecule has 2 aromatic heterocycles. The van der Waals surface area contributed by atoms with E-state index in [4.69, 9.17) is 16.7 Å². The van der Waals surface area contributed by atoms with Gasteiger partial charge in [-0.1, -0.05) is 11.6 Å². The number of carbonyl (C=O) groups is 1. The topological polar surface area (TPSA) is 67.5 Å². The Balaban J connectivity index is 2.35. The Kier molecular flexibility index (Phi) is 2.78. The number of imidazole rings is 1. The van der Waals surface area contributed by atoms with Crippen LogP contribution in [0.15, 0.2) is 12.4 Å². The molecule has 2 heterocycles. The quantitative estimate of drug-likeness (QED) is 0.885. The van der Waals surface area contributed by atoms with Crippen molar-refractivity contribution in [3.05, 3.63) is 28.8 Å². The lowest BCUT2D eigenvalue weighted by molar-refractivity contribution is -0.136. The molecule has 6 heteroatoms. The van der Waals surface area contributed by atoms with E-state index >= 15 is 0 Å². The number of hydrogen-bond donors (Lipinski definition) is 1. The van der Waals surface area contributed by atoms with Crippen molar-refractivity contribution in [1.29, 1.82) is 0 Å². The fourth-order valence-electron chi connectivity index (χ4n) is 1.44. The molecule has 0 aliphatic carbocycles. The van der Waals surface area contributed by atoms with Crippen LogP contribution in [-0.4, -0.2) is 25.4 Å². The Morgan fingerprint density at radius 2 is 2.38 bits per heavy atom. The second-order valence-corrected chi connectivity index (χ2v) is 3.87. The van der Waals surface area contributed by atoms with Crippen LogP contribution in [0.2, 0.25) is 5.15 Å². The van der Waals surface area contributed by atoms with Crippen LogP contribution in [0.25, 0.3) is 5.78 Å². The number of rotatable bonds is 3. The van der Waals surface area contributed by atoms with Crippen LogP contribution < -0.4 is 0 Å². The molecule has 0 spiro atoms. The third kappa shape index (κ3) is 1.99. The summed E-state index contributed by atoms with van der Waals surface area (Å²) in [6.45, 7) is 1.80. The molecule has 1 N–H and O–H groups in total. The van der Waals surface area contributed by atoms with Gasteiger partial charge in [0, 0.05) is 18.8 Å². The van der Waals surface area contributed by atoms with Gasteiger partial charge in [-0.3, -0.25) is 9.20 Å². The second-order valence-electron chi connectivity index (χ2n) is 3.51. The number of carboxylic acid groups (broad SMARTS) is 1. The zero-order chi connectivity index (χ0) is 11.7. The Hall–Kier alpha value is -1.62. The van der Waals surface area contributed by atoms with E-state index in [2.05, 4.69) is 9.97 Å². The Bertz CT molecular complexity index is 550. The third-order valence-corrected chi connectivity index (χ3v) is 2.72. The molecular weight excluding hydrogens is 230 g/mol. The van der Waals surface area contributed by atoms with Crippen LogP contribution in [0.5, 0.6) is 0 Å².